The molecule has 1 heterocycles. The minimum absolute atomic E-state index is 0. The molecule has 1 aliphatic rings. The Bertz CT molecular complexity index is 847. The minimum Gasteiger partial charge on any atom is -0.504 e. The number of piperidine rings is 1. The molecule has 0 aliphatic carbocycles. The molecule has 6 nitrogen and oxygen atoms in total. The number of ether oxygens (including phenoxy) is 1. The van der Waals surface area contributed by atoms with Gasteiger partial charge in [0.15, 0.2) is 17.5 Å². The first-order valence-corrected chi connectivity index (χ1v) is 11.3. The van der Waals surface area contributed by atoms with Crippen LogP contribution < -0.4 is 15.4 Å². The number of benzene rings is 2. The molecular weight excluding hydrogens is 515 g/mol. The number of hydrogen-bond acceptors (Lipinski definition) is 4. The van der Waals surface area contributed by atoms with E-state index in [1.165, 1.54) is 5.56 Å². The fourth-order valence-electron chi connectivity index (χ4n) is 4.14. The standard InChI is InChI=1S/C25H36N4O2.HI/c1-4-26-25(27-15-13-21-11-8-12-23(31-3)24(21)30)28-22-14-16-29(19(2)17-22)18-20-9-6-5-7-10-20;/h5-12,19,22,30H,4,13-18H2,1-3H3,(H2,26,27,28);1H. The zero-order valence-electron chi connectivity index (χ0n) is 19.4. The van der Waals surface area contributed by atoms with E-state index in [1.54, 1.807) is 13.2 Å². The summed E-state index contributed by atoms with van der Waals surface area (Å²) in [4.78, 5) is 7.30. The molecule has 0 saturated carbocycles. The Balaban J connectivity index is 0.00000363. The van der Waals surface area contributed by atoms with E-state index in [2.05, 4.69) is 59.7 Å². The summed E-state index contributed by atoms with van der Waals surface area (Å²) in [6.07, 6.45) is 2.84. The van der Waals surface area contributed by atoms with Crippen LogP contribution in [0.25, 0.3) is 0 Å². The quantitative estimate of drug-likeness (QED) is 0.261. The number of phenols is 1. The number of methoxy groups -OCH3 is 1. The highest BCUT2D eigenvalue weighted by Crippen LogP contribution is 2.29. The van der Waals surface area contributed by atoms with Gasteiger partial charge in [0, 0.05) is 38.3 Å². The first-order chi connectivity index (χ1) is 15.1. The van der Waals surface area contributed by atoms with Gasteiger partial charge in [-0.15, -0.1) is 24.0 Å². The van der Waals surface area contributed by atoms with Crippen molar-refractivity contribution in [2.45, 2.75) is 51.7 Å². The molecule has 0 aromatic heterocycles. The van der Waals surface area contributed by atoms with Gasteiger partial charge in [0.1, 0.15) is 0 Å². The molecule has 1 aliphatic heterocycles. The van der Waals surface area contributed by atoms with Gasteiger partial charge < -0.3 is 20.5 Å². The monoisotopic (exact) mass is 552 g/mol. The molecule has 2 aromatic carbocycles. The number of nitrogens with zero attached hydrogens (tertiary/aromatic N) is 2. The normalized spacial score (nSPS) is 19.2. The van der Waals surface area contributed by atoms with Crippen molar-refractivity contribution < 1.29 is 9.84 Å². The topological polar surface area (TPSA) is 69.1 Å². The molecule has 0 bridgehead atoms. The van der Waals surface area contributed by atoms with Crippen molar-refractivity contribution in [2.24, 2.45) is 4.99 Å². The Morgan fingerprint density at radius 3 is 2.66 bits per heavy atom. The lowest BCUT2D eigenvalue weighted by molar-refractivity contribution is 0.134. The molecule has 2 aromatic rings. The minimum atomic E-state index is 0. The molecule has 7 heteroatoms. The average Bonchev–Trinajstić information content (AvgIpc) is 2.77. The van der Waals surface area contributed by atoms with Crippen LogP contribution in [0.4, 0.5) is 0 Å². The van der Waals surface area contributed by atoms with Gasteiger partial charge in [-0.05, 0) is 50.3 Å². The second-order valence-corrected chi connectivity index (χ2v) is 8.15. The van der Waals surface area contributed by atoms with E-state index in [1.807, 2.05) is 12.1 Å². The van der Waals surface area contributed by atoms with Crippen molar-refractivity contribution in [3.8, 4) is 11.5 Å². The molecule has 3 rings (SSSR count). The Morgan fingerprint density at radius 2 is 1.97 bits per heavy atom. The summed E-state index contributed by atoms with van der Waals surface area (Å²) in [5.41, 5.74) is 2.22. The fraction of sp³-hybridized carbons (Fsp3) is 0.480. The predicted octanol–water partition coefficient (Wildman–Crippen LogP) is 4.17. The van der Waals surface area contributed by atoms with Crippen molar-refractivity contribution in [2.75, 3.05) is 26.7 Å². The molecule has 0 radical (unpaired) electrons. The summed E-state index contributed by atoms with van der Waals surface area (Å²) < 4.78 is 5.19. The lowest BCUT2D eigenvalue weighted by atomic mass is 9.97. The molecule has 0 spiro atoms. The smallest absolute Gasteiger partial charge is 0.191 e. The summed E-state index contributed by atoms with van der Waals surface area (Å²) in [5.74, 6) is 1.55. The number of guanidine groups is 1. The Morgan fingerprint density at radius 1 is 1.19 bits per heavy atom. The molecule has 1 saturated heterocycles. The van der Waals surface area contributed by atoms with Crippen LogP contribution in [-0.4, -0.2) is 54.8 Å². The lowest BCUT2D eigenvalue weighted by Gasteiger charge is -2.38. The van der Waals surface area contributed by atoms with Crippen LogP contribution in [0.2, 0.25) is 0 Å². The number of nitrogens with one attached hydrogen (secondary N) is 2. The van der Waals surface area contributed by atoms with E-state index in [0.717, 1.165) is 44.0 Å². The van der Waals surface area contributed by atoms with Crippen LogP contribution in [-0.2, 0) is 13.0 Å². The maximum atomic E-state index is 10.3. The first kappa shape index (κ1) is 26.3. The number of aliphatic imine (C=N–C) groups is 1. The fourth-order valence-corrected chi connectivity index (χ4v) is 4.14. The average molecular weight is 553 g/mol. The summed E-state index contributed by atoms with van der Waals surface area (Å²) in [6, 6.07) is 17.2. The van der Waals surface area contributed by atoms with E-state index >= 15 is 0 Å². The number of aromatic hydroxyl groups is 1. The maximum absolute atomic E-state index is 10.3. The van der Waals surface area contributed by atoms with Crippen molar-refractivity contribution in [1.82, 2.24) is 15.5 Å². The summed E-state index contributed by atoms with van der Waals surface area (Å²) in [6.45, 7) is 7.89. The highest BCUT2D eigenvalue weighted by atomic mass is 127. The van der Waals surface area contributed by atoms with Crippen molar-refractivity contribution in [3.63, 3.8) is 0 Å². The number of halogens is 1. The second-order valence-electron chi connectivity index (χ2n) is 8.15. The van der Waals surface area contributed by atoms with Gasteiger partial charge in [-0.3, -0.25) is 9.89 Å². The molecule has 176 valence electrons. The van der Waals surface area contributed by atoms with Crippen LogP contribution in [0.1, 0.15) is 37.8 Å². The largest absolute Gasteiger partial charge is 0.504 e. The summed E-state index contributed by atoms with van der Waals surface area (Å²) in [5, 5.41) is 17.2. The van der Waals surface area contributed by atoms with Crippen molar-refractivity contribution in [1.29, 1.82) is 0 Å². The van der Waals surface area contributed by atoms with Crippen LogP contribution in [0, 0.1) is 0 Å². The number of likely N-dealkylation sites (tertiary alicyclic amines) is 1. The number of rotatable bonds is 8. The first-order valence-electron chi connectivity index (χ1n) is 11.3. The van der Waals surface area contributed by atoms with Crippen LogP contribution >= 0.6 is 24.0 Å². The van der Waals surface area contributed by atoms with E-state index in [4.69, 9.17) is 9.73 Å². The summed E-state index contributed by atoms with van der Waals surface area (Å²) in [7, 11) is 1.57. The van der Waals surface area contributed by atoms with Crippen LogP contribution in [0.5, 0.6) is 11.5 Å². The molecule has 3 N–H and O–H groups in total. The van der Waals surface area contributed by atoms with E-state index in [-0.39, 0.29) is 29.7 Å². The van der Waals surface area contributed by atoms with E-state index in [0.29, 0.717) is 30.8 Å². The highest BCUT2D eigenvalue weighted by Gasteiger charge is 2.26. The lowest BCUT2D eigenvalue weighted by Crippen LogP contribution is -2.51. The molecule has 32 heavy (non-hydrogen) atoms. The molecular formula is C25H37IN4O2. The second kappa shape index (κ2) is 13.5. The molecule has 2 unspecified atom stereocenters. The number of phenolic OH excluding ortho intramolecular Hbond substituents is 1. The molecule has 1 fully saturated rings. The SMILES string of the molecule is CCNC(=NCCc1cccc(OC)c1O)NC1CCN(Cc2ccccc2)C(C)C1.I. The van der Waals surface area contributed by atoms with Crippen LogP contribution in [0.3, 0.4) is 0 Å². The zero-order valence-corrected chi connectivity index (χ0v) is 21.7. The number of para-hydroxylation sites is 1. The summed E-state index contributed by atoms with van der Waals surface area (Å²) >= 11 is 0. The third-order valence-corrected chi connectivity index (χ3v) is 5.88. The van der Waals surface area contributed by atoms with Gasteiger partial charge >= 0.3 is 0 Å². The molecule has 0 amide bonds. The zero-order chi connectivity index (χ0) is 22.1. The van der Waals surface area contributed by atoms with E-state index < -0.39 is 0 Å². The maximum Gasteiger partial charge on any atom is 0.191 e. The van der Waals surface area contributed by atoms with Crippen molar-refractivity contribution >= 4 is 29.9 Å². The molecule has 2 atom stereocenters. The van der Waals surface area contributed by atoms with Gasteiger partial charge in [0.25, 0.3) is 0 Å². The van der Waals surface area contributed by atoms with Crippen molar-refractivity contribution in [3.05, 3.63) is 59.7 Å². The highest BCUT2D eigenvalue weighted by molar-refractivity contribution is 14.0. The van der Waals surface area contributed by atoms with Gasteiger partial charge in [0.2, 0.25) is 0 Å². The Hall–Kier alpha value is -2.00. The third-order valence-electron chi connectivity index (χ3n) is 5.88. The van der Waals surface area contributed by atoms with Gasteiger partial charge in [-0.2, -0.15) is 0 Å². The Labute approximate surface area is 209 Å². The number of hydrogen-bond donors (Lipinski definition) is 3. The van der Waals surface area contributed by atoms with Gasteiger partial charge in [-0.25, -0.2) is 0 Å². The van der Waals surface area contributed by atoms with Gasteiger partial charge in [-0.1, -0.05) is 42.5 Å². The van der Waals surface area contributed by atoms with Crippen LogP contribution in [0.15, 0.2) is 53.5 Å². The third kappa shape index (κ3) is 7.55. The Kier molecular flexibility index (Phi) is 11.1. The predicted molar refractivity (Wildman–Crippen MR) is 142 cm³/mol. The van der Waals surface area contributed by atoms with E-state index in [9.17, 15) is 5.11 Å². The van der Waals surface area contributed by atoms with Gasteiger partial charge in [0.05, 0.1) is 7.11 Å².